The van der Waals surface area contributed by atoms with Gasteiger partial charge in [-0.2, -0.15) is 0 Å². The first kappa shape index (κ1) is 16.7. The lowest BCUT2D eigenvalue weighted by Crippen LogP contribution is -2.48. The molecule has 0 spiro atoms. The summed E-state index contributed by atoms with van der Waals surface area (Å²) in [5, 5.41) is 11.8. The van der Waals surface area contributed by atoms with Crippen molar-refractivity contribution in [2.24, 2.45) is 5.92 Å². The largest absolute Gasteiger partial charge is 0.390 e. The van der Waals surface area contributed by atoms with Gasteiger partial charge in [-0.15, -0.1) is 0 Å². The third-order valence-corrected chi connectivity index (χ3v) is 6.15. The van der Waals surface area contributed by atoms with E-state index in [-0.39, 0.29) is 0 Å². The van der Waals surface area contributed by atoms with Crippen LogP contribution in [-0.4, -0.2) is 38.2 Å². The highest BCUT2D eigenvalue weighted by Gasteiger charge is 2.43. The lowest BCUT2D eigenvalue weighted by molar-refractivity contribution is -0.0631. The van der Waals surface area contributed by atoms with E-state index in [2.05, 4.69) is 9.88 Å². The van der Waals surface area contributed by atoms with Crippen molar-refractivity contribution in [3.63, 3.8) is 0 Å². The number of anilines is 1. The number of likely N-dealkylation sites (tertiary alicyclic amines) is 1. The van der Waals surface area contributed by atoms with Gasteiger partial charge in [0.25, 0.3) is 0 Å². The van der Waals surface area contributed by atoms with Crippen LogP contribution in [-0.2, 0) is 6.54 Å². The second kappa shape index (κ2) is 6.54. The van der Waals surface area contributed by atoms with Gasteiger partial charge in [0.2, 0.25) is 0 Å². The Morgan fingerprint density at radius 2 is 2.04 bits per heavy atom. The molecule has 25 heavy (non-hydrogen) atoms. The van der Waals surface area contributed by atoms with E-state index in [0.717, 1.165) is 49.0 Å². The van der Waals surface area contributed by atoms with Gasteiger partial charge in [-0.05, 0) is 51.3 Å². The topological polar surface area (TPSA) is 75.3 Å². The lowest BCUT2D eigenvalue weighted by atomic mass is 9.72. The Morgan fingerprint density at radius 1 is 1.20 bits per heavy atom. The van der Waals surface area contributed by atoms with Crippen molar-refractivity contribution in [2.45, 2.75) is 63.6 Å². The Balaban J connectivity index is 1.57. The number of aromatic nitrogens is 2. The second-order valence-corrected chi connectivity index (χ2v) is 7.93. The molecule has 134 valence electrons. The zero-order valence-electron chi connectivity index (χ0n) is 15.0. The molecule has 1 saturated carbocycles. The number of nitrogens with two attached hydrogens (primary N) is 1. The van der Waals surface area contributed by atoms with Gasteiger partial charge < -0.3 is 10.8 Å². The maximum absolute atomic E-state index is 10.9. The summed E-state index contributed by atoms with van der Waals surface area (Å²) in [6, 6.07) is 8.32. The van der Waals surface area contributed by atoms with Crippen LogP contribution in [0.4, 0.5) is 5.82 Å². The van der Waals surface area contributed by atoms with E-state index < -0.39 is 5.60 Å². The summed E-state index contributed by atoms with van der Waals surface area (Å²) in [5.74, 6) is 1.70. The fourth-order valence-corrected chi connectivity index (χ4v) is 4.86. The molecule has 0 unspecified atom stereocenters. The molecule has 2 heterocycles. The van der Waals surface area contributed by atoms with Gasteiger partial charge in [0.05, 0.1) is 17.7 Å². The van der Waals surface area contributed by atoms with Crippen LogP contribution < -0.4 is 5.73 Å². The molecule has 4 rings (SSSR count). The third-order valence-electron chi connectivity index (χ3n) is 6.15. The van der Waals surface area contributed by atoms with Crippen LogP contribution in [0, 0.1) is 5.92 Å². The smallest absolute Gasteiger partial charge is 0.145 e. The van der Waals surface area contributed by atoms with Gasteiger partial charge >= 0.3 is 0 Å². The predicted molar refractivity (Wildman–Crippen MR) is 100.0 cm³/mol. The number of nitrogen functional groups attached to an aromatic ring is 1. The van der Waals surface area contributed by atoms with Gasteiger partial charge in [0.15, 0.2) is 0 Å². The molecule has 2 fully saturated rings. The van der Waals surface area contributed by atoms with Gasteiger partial charge in [-0.25, -0.2) is 9.97 Å². The minimum absolute atomic E-state index is 0.349. The Hall–Kier alpha value is -1.72. The van der Waals surface area contributed by atoms with Crippen LogP contribution >= 0.6 is 0 Å². The van der Waals surface area contributed by atoms with Crippen LogP contribution in [0.25, 0.3) is 10.9 Å². The zero-order chi connectivity index (χ0) is 17.4. The van der Waals surface area contributed by atoms with E-state index in [9.17, 15) is 5.11 Å². The fourth-order valence-electron chi connectivity index (χ4n) is 4.86. The number of rotatable bonds is 3. The van der Waals surface area contributed by atoms with Crippen molar-refractivity contribution in [3.05, 3.63) is 30.1 Å². The number of para-hydroxylation sites is 1. The first-order valence-electron chi connectivity index (χ1n) is 9.52. The van der Waals surface area contributed by atoms with Gasteiger partial charge in [-0.3, -0.25) is 4.90 Å². The van der Waals surface area contributed by atoms with E-state index >= 15 is 0 Å². The maximum Gasteiger partial charge on any atom is 0.145 e. The Labute approximate surface area is 149 Å². The average Bonchev–Trinajstić information content (AvgIpc) is 3.02. The van der Waals surface area contributed by atoms with E-state index in [4.69, 9.17) is 10.7 Å². The third kappa shape index (κ3) is 3.23. The molecule has 3 atom stereocenters. The number of aliphatic hydroxyl groups is 1. The minimum atomic E-state index is -0.547. The van der Waals surface area contributed by atoms with E-state index in [0.29, 0.717) is 24.3 Å². The quantitative estimate of drug-likeness (QED) is 0.898. The van der Waals surface area contributed by atoms with Crippen LogP contribution in [0.1, 0.15) is 51.3 Å². The van der Waals surface area contributed by atoms with Crippen molar-refractivity contribution in [3.8, 4) is 0 Å². The van der Waals surface area contributed by atoms with Crippen LogP contribution in [0.2, 0.25) is 0 Å². The summed E-state index contributed by atoms with van der Waals surface area (Å²) >= 11 is 0. The summed E-state index contributed by atoms with van der Waals surface area (Å²) in [4.78, 5) is 11.7. The van der Waals surface area contributed by atoms with Crippen molar-refractivity contribution >= 4 is 16.7 Å². The highest BCUT2D eigenvalue weighted by atomic mass is 16.3. The van der Waals surface area contributed by atoms with Crippen LogP contribution in [0.15, 0.2) is 24.3 Å². The van der Waals surface area contributed by atoms with Crippen LogP contribution in [0.5, 0.6) is 0 Å². The Morgan fingerprint density at radius 3 is 2.88 bits per heavy atom. The van der Waals surface area contributed by atoms with Crippen molar-refractivity contribution in [1.82, 2.24) is 14.9 Å². The lowest BCUT2D eigenvalue weighted by Gasteiger charge is -2.43. The molecule has 1 saturated heterocycles. The molecule has 5 heteroatoms. The molecular formula is C20H28N4O. The fraction of sp³-hybridized carbons (Fsp3) is 0.600. The number of fused-ring (bicyclic) bond motifs is 1. The summed E-state index contributed by atoms with van der Waals surface area (Å²) in [7, 11) is 0. The molecule has 0 radical (unpaired) electrons. The number of benzene rings is 1. The minimum Gasteiger partial charge on any atom is -0.390 e. The summed E-state index contributed by atoms with van der Waals surface area (Å²) in [6.07, 6.45) is 6.74. The van der Waals surface area contributed by atoms with E-state index in [1.54, 1.807) is 0 Å². The molecule has 3 N–H and O–H groups in total. The first-order valence-corrected chi connectivity index (χ1v) is 9.52. The standard InChI is InChI=1S/C20H28N4O/c1-20(25)11-5-4-8-15(20)17-10-6-12-24(17)13-18-22-16-9-3-2-7-14(16)19(21)23-18/h2-3,7,9,15,17,25H,4-6,8,10-13H2,1H3,(H2,21,22,23)/t15-,17-,20-/m0/s1. The Bertz CT molecular complexity index is 760. The molecule has 0 amide bonds. The summed E-state index contributed by atoms with van der Waals surface area (Å²) in [6.45, 7) is 3.79. The van der Waals surface area contributed by atoms with E-state index in [1.807, 2.05) is 31.2 Å². The van der Waals surface area contributed by atoms with Crippen molar-refractivity contribution in [1.29, 1.82) is 0 Å². The first-order chi connectivity index (χ1) is 12.0. The summed E-state index contributed by atoms with van der Waals surface area (Å²) < 4.78 is 0. The van der Waals surface area contributed by atoms with Crippen molar-refractivity contribution in [2.75, 3.05) is 12.3 Å². The summed E-state index contributed by atoms with van der Waals surface area (Å²) in [5.41, 5.74) is 6.50. The number of hydrogen-bond donors (Lipinski definition) is 2. The highest BCUT2D eigenvalue weighted by Crippen LogP contribution is 2.41. The molecular weight excluding hydrogens is 312 g/mol. The maximum atomic E-state index is 10.9. The normalized spacial score (nSPS) is 30.8. The number of hydrogen-bond acceptors (Lipinski definition) is 5. The molecule has 5 nitrogen and oxygen atoms in total. The molecule has 1 aromatic carbocycles. The monoisotopic (exact) mass is 340 g/mol. The van der Waals surface area contributed by atoms with E-state index in [1.165, 1.54) is 12.8 Å². The Kier molecular flexibility index (Phi) is 4.38. The molecule has 2 aromatic rings. The predicted octanol–water partition coefficient (Wildman–Crippen LogP) is 3.12. The molecule has 1 aliphatic carbocycles. The molecule has 0 bridgehead atoms. The van der Waals surface area contributed by atoms with Gasteiger partial charge in [-0.1, -0.05) is 25.0 Å². The zero-order valence-corrected chi connectivity index (χ0v) is 15.0. The van der Waals surface area contributed by atoms with Crippen molar-refractivity contribution < 1.29 is 5.11 Å². The highest BCUT2D eigenvalue weighted by molar-refractivity contribution is 5.87. The van der Waals surface area contributed by atoms with Crippen LogP contribution in [0.3, 0.4) is 0 Å². The number of nitrogens with zero attached hydrogens (tertiary/aromatic N) is 3. The average molecular weight is 340 g/mol. The van der Waals surface area contributed by atoms with Gasteiger partial charge in [0.1, 0.15) is 11.6 Å². The molecule has 1 aliphatic heterocycles. The molecule has 2 aliphatic rings. The SMILES string of the molecule is C[C@]1(O)CCCC[C@H]1[C@@H]1CCCN1Cc1nc(N)c2ccccc2n1. The second-order valence-electron chi connectivity index (χ2n) is 7.93. The molecule has 1 aromatic heterocycles. The van der Waals surface area contributed by atoms with Gasteiger partial charge in [0, 0.05) is 17.3 Å².